The van der Waals surface area contributed by atoms with Gasteiger partial charge in [0.25, 0.3) is 5.91 Å². The second-order valence-corrected chi connectivity index (χ2v) is 11.9. The maximum Gasteiger partial charge on any atom is 0.251 e. The maximum absolute atomic E-state index is 12.9. The predicted molar refractivity (Wildman–Crippen MR) is 113 cm³/mol. The van der Waals surface area contributed by atoms with Gasteiger partial charge in [-0.25, -0.2) is 13.1 Å². The fraction of sp³-hybridized carbons (Fsp3) is 0.500. The monoisotopic (exact) mass is 430 g/mol. The van der Waals surface area contributed by atoms with Crippen LogP contribution in [0.5, 0.6) is 0 Å². The summed E-state index contributed by atoms with van der Waals surface area (Å²) in [6.45, 7) is 0.272. The van der Waals surface area contributed by atoms with E-state index in [0.717, 1.165) is 41.9 Å². The molecule has 0 unspecified atom stereocenters. The molecule has 6 rings (SSSR count). The summed E-state index contributed by atoms with van der Waals surface area (Å²) in [4.78, 5) is 14.0. The zero-order valence-corrected chi connectivity index (χ0v) is 17.9. The molecule has 1 heterocycles. The number of rotatable bonds is 6. The van der Waals surface area contributed by atoms with E-state index in [1.54, 1.807) is 12.1 Å². The van der Waals surface area contributed by atoms with Crippen molar-refractivity contribution in [1.82, 2.24) is 10.0 Å². The van der Waals surface area contributed by atoms with E-state index < -0.39 is 10.0 Å². The van der Waals surface area contributed by atoms with Crippen molar-refractivity contribution in [3.8, 4) is 0 Å². The number of nitrogens with one attached hydrogen (secondary N) is 2. The van der Waals surface area contributed by atoms with E-state index >= 15 is 0 Å². The molecule has 1 aromatic carbocycles. The van der Waals surface area contributed by atoms with Crippen molar-refractivity contribution in [3.05, 3.63) is 52.2 Å². The Labute approximate surface area is 176 Å². The van der Waals surface area contributed by atoms with Crippen LogP contribution in [0.15, 0.2) is 46.7 Å². The molecule has 0 atom stereocenters. The lowest BCUT2D eigenvalue weighted by Crippen LogP contribution is -2.59. The van der Waals surface area contributed by atoms with Crippen molar-refractivity contribution >= 4 is 27.3 Å². The lowest BCUT2D eigenvalue weighted by molar-refractivity contribution is -0.0167. The molecule has 0 spiro atoms. The minimum atomic E-state index is -3.60. The maximum atomic E-state index is 12.9. The molecular weight excluding hydrogens is 404 g/mol. The summed E-state index contributed by atoms with van der Waals surface area (Å²) in [7, 11) is -3.60. The van der Waals surface area contributed by atoms with Gasteiger partial charge in [-0.1, -0.05) is 6.07 Å². The van der Waals surface area contributed by atoms with Gasteiger partial charge in [0.15, 0.2) is 0 Å². The minimum Gasteiger partial charge on any atom is -0.347 e. The molecule has 4 saturated carbocycles. The number of amides is 1. The van der Waals surface area contributed by atoms with E-state index in [0.29, 0.717) is 5.56 Å². The van der Waals surface area contributed by atoms with Crippen LogP contribution < -0.4 is 10.0 Å². The van der Waals surface area contributed by atoms with Gasteiger partial charge in [-0.15, -0.1) is 11.3 Å². The Hall–Kier alpha value is -1.70. The van der Waals surface area contributed by atoms with Gasteiger partial charge in [0.2, 0.25) is 10.0 Å². The molecular formula is C22H26N2O3S2. The average Bonchev–Trinajstić information content (AvgIpc) is 3.19. The first kappa shape index (κ1) is 19.3. The first-order chi connectivity index (χ1) is 13.9. The van der Waals surface area contributed by atoms with Crippen molar-refractivity contribution in [2.75, 3.05) is 0 Å². The van der Waals surface area contributed by atoms with Crippen LogP contribution in [0.1, 0.15) is 53.8 Å². The van der Waals surface area contributed by atoms with Gasteiger partial charge in [-0.2, -0.15) is 0 Å². The van der Waals surface area contributed by atoms with E-state index in [-0.39, 0.29) is 22.9 Å². The zero-order valence-electron chi connectivity index (χ0n) is 16.3. The standard InChI is InChI=1S/C22H26N2O3S2/c25-21(24-22-11-15-8-16(12-22)10-17(9-15)13-22)18-3-5-20(6-4-18)29(26,27)23-14-19-2-1-7-28-19/h1-7,15-17,23H,8-14H2,(H,24,25). The van der Waals surface area contributed by atoms with Gasteiger partial charge < -0.3 is 5.32 Å². The number of hydrogen-bond acceptors (Lipinski definition) is 4. The van der Waals surface area contributed by atoms with Crippen molar-refractivity contribution in [2.24, 2.45) is 17.8 Å². The summed E-state index contributed by atoms with van der Waals surface area (Å²) < 4.78 is 27.6. The molecule has 4 fully saturated rings. The van der Waals surface area contributed by atoms with E-state index in [9.17, 15) is 13.2 Å². The smallest absolute Gasteiger partial charge is 0.251 e. The van der Waals surface area contributed by atoms with E-state index in [2.05, 4.69) is 10.0 Å². The minimum absolute atomic E-state index is 0.0428. The zero-order chi connectivity index (χ0) is 20.1. The molecule has 2 N–H and O–H groups in total. The summed E-state index contributed by atoms with van der Waals surface area (Å²) in [5, 5.41) is 5.26. The second kappa shape index (κ2) is 7.22. The first-order valence-electron chi connectivity index (χ1n) is 10.4. The number of carbonyl (C=O) groups excluding carboxylic acids is 1. The van der Waals surface area contributed by atoms with Gasteiger partial charge in [0.1, 0.15) is 0 Å². The third kappa shape index (κ3) is 3.88. The molecule has 0 saturated heterocycles. The number of sulfonamides is 1. The number of carbonyl (C=O) groups is 1. The van der Waals surface area contributed by atoms with Crippen LogP contribution in [0.4, 0.5) is 0 Å². The highest BCUT2D eigenvalue weighted by Crippen LogP contribution is 2.55. The van der Waals surface area contributed by atoms with Crippen LogP contribution in [-0.4, -0.2) is 19.9 Å². The summed E-state index contributed by atoms with van der Waals surface area (Å²) >= 11 is 1.51. The highest BCUT2D eigenvalue weighted by Gasteiger charge is 2.51. The highest BCUT2D eigenvalue weighted by molar-refractivity contribution is 7.89. The van der Waals surface area contributed by atoms with Crippen molar-refractivity contribution in [3.63, 3.8) is 0 Å². The topological polar surface area (TPSA) is 75.3 Å². The Kier molecular flexibility index (Phi) is 4.80. The molecule has 0 radical (unpaired) electrons. The number of thiophene rings is 1. The van der Waals surface area contributed by atoms with E-state index in [1.807, 2.05) is 17.5 Å². The van der Waals surface area contributed by atoms with E-state index in [4.69, 9.17) is 0 Å². The fourth-order valence-electron chi connectivity index (χ4n) is 6.02. The Balaban J connectivity index is 1.26. The van der Waals surface area contributed by atoms with Crippen LogP contribution in [0.2, 0.25) is 0 Å². The van der Waals surface area contributed by atoms with Crippen LogP contribution >= 0.6 is 11.3 Å². The summed E-state index contributed by atoms with van der Waals surface area (Å²) in [6, 6.07) is 10.1. The van der Waals surface area contributed by atoms with Gasteiger partial charge in [0.05, 0.1) is 4.90 Å². The molecule has 1 aromatic heterocycles. The third-order valence-electron chi connectivity index (χ3n) is 6.86. The number of benzene rings is 1. The molecule has 154 valence electrons. The SMILES string of the molecule is O=C(NC12CC3CC(CC(C3)C1)C2)c1ccc(S(=O)(=O)NCc2cccs2)cc1. The second-order valence-electron chi connectivity index (χ2n) is 9.08. The lowest BCUT2D eigenvalue weighted by atomic mass is 9.53. The van der Waals surface area contributed by atoms with Crippen LogP contribution in [0.25, 0.3) is 0 Å². The molecule has 4 aliphatic carbocycles. The number of hydrogen-bond donors (Lipinski definition) is 2. The van der Waals surface area contributed by atoms with Crippen LogP contribution in [0, 0.1) is 17.8 Å². The summed E-state index contributed by atoms with van der Waals surface area (Å²) in [5.74, 6) is 2.22. The van der Waals surface area contributed by atoms with Gasteiger partial charge in [-0.3, -0.25) is 4.79 Å². The molecule has 29 heavy (non-hydrogen) atoms. The largest absolute Gasteiger partial charge is 0.347 e. The van der Waals surface area contributed by atoms with Crippen molar-refractivity contribution in [2.45, 2.75) is 55.5 Å². The summed E-state index contributed by atoms with van der Waals surface area (Å²) in [6.07, 6.45) is 7.30. The molecule has 7 heteroatoms. The van der Waals surface area contributed by atoms with Crippen LogP contribution in [-0.2, 0) is 16.6 Å². The Morgan fingerprint density at radius 1 is 1.00 bits per heavy atom. The fourth-order valence-corrected chi connectivity index (χ4v) is 7.77. The molecule has 4 aliphatic rings. The van der Waals surface area contributed by atoms with Crippen molar-refractivity contribution < 1.29 is 13.2 Å². The van der Waals surface area contributed by atoms with Crippen molar-refractivity contribution in [1.29, 1.82) is 0 Å². The Bertz CT molecular complexity index is 962. The molecule has 5 nitrogen and oxygen atoms in total. The quantitative estimate of drug-likeness (QED) is 0.729. The van der Waals surface area contributed by atoms with Gasteiger partial charge in [0, 0.05) is 22.5 Å². The predicted octanol–water partition coefficient (Wildman–Crippen LogP) is 3.93. The third-order valence-corrected chi connectivity index (χ3v) is 9.15. The first-order valence-corrected chi connectivity index (χ1v) is 12.7. The van der Waals surface area contributed by atoms with Crippen LogP contribution in [0.3, 0.4) is 0 Å². The molecule has 4 bridgehead atoms. The van der Waals surface area contributed by atoms with E-state index in [1.165, 1.54) is 42.7 Å². The Morgan fingerprint density at radius 3 is 2.17 bits per heavy atom. The molecule has 1 amide bonds. The van der Waals surface area contributed by atoms with Gasteiger partial charge >= 0.3 is 0 Å². The highest BCUT2D eigenvalue weighted by atomic mass is 32.2. The molecule has 0 aliphatic heterocycles. The van der Waals surface area contributed by atoms with Gasteiger partial charge in [-0.05, 0) is 92.0 Å². The lowest BCUT2D eigenvalue weighted by Gasteiger charge is -2.56. The normalized spacial score (nSPS) is 30.4. The average molecular weight is 431 g/mol. The molecule has 2 aromatic rings. The summed E-state index contributed by atoms with van der Waals surface area (Å²) in [5.41, 5.74) is 0.483. The Morgan fingerprint density at radius 2 is 1.62 bits per heavy atom.